The van der Waals surface area contributed by atoms with Crippen molar-refractivity contribution in [2.24, 2.45) is 0 Å². The molecule has 0 bridgehead atoms. The van der Waals surface area contributed by atoms with Crippen LogP contribution in [0.4, 0.5) is 5.00 Å². The van der Waals surface area contributed by atoms with Crippen LogP contribution in [-0.2, 0) is 14.9 Å². The van der Waals surface area contributed by atoms with E-state index in [1.165, 1.54) is 23.0 Å². The Morgan fingerprint density at radius 2 is 1.72 bits per heavy atom. The third kappa shape index (κ3) is 5.96. The first kappa shape index (κ1) is 24.0. The fraction of sp³-hybridized carbons (Fsp3) is 0.231. The number of thiophene rings is 1. The third-order valence-electron chi connectivity index (χ3n) is 4.87. The number of esters is 1. The van der Waals surface area contributed by atoms with E-state index in [-0.39, 0.29) is 17.9 Å². The van der Waals surface area contributed by atoms with Gasteiger partial charge in [-0.05, 0) is 47.2 Å². The van der Waals surface area contributed by atoms with E-state index in [4.69, 9.17) is 4.74 Å². The molecular formula is C26H26BrNO3S. The van der Waals surface area contributed by atoms with Gasteiger partial charge >= 0.3 is 5.97 Å². The zero-order valence-electron chi connectivity index (χ0n) is 18.6. The molecule has 3 rings (SSSR count). The minimum Gasteiger partial charge on any atom is -0.462 e. The second-order valence-corrected chi connectivity index (χ2v) is 10.1. The van der Waals surface area contributed by atoms with Crippen LogP contribution in [-0.4, -0.2) is 18.5 Å². The molecular weight excluding hydrogens is 486 g/mol. The SMILES string of the molecule is CCOC(=O)c1c(-c2ccc(Br)cc2)csc1NC(=O)C=Cc1ccc(C(C)(C)C)cc1. The van der Waals surface area contributed by atoms with Crippen LogP contribution in [0, 0.1) is 0 Å². The maximum atomic E-state index is 12.7. The topological polar surface area (TPSA) is 55.4 Å². The molecule has 32 heavy (non-hydrogen) atoms. The van der Waals surface area contributed by atoms with Crippen LogP contribution in [0.15, 0.2) is 64.5 Å². The van der Waals surface area contributed by atoms with Crippen LogP contribution in [0.25, 0.3) is 17.2 Å². The van der Waals surface area contributed by atoms with Crippen molar-refractivity contribution >= 4 is 50.2 Å². The fourth-order valence-electron chi connectivity index (χ4n) is 3.12. The van der Waals surface area contributed by atoms with Crippen molar-refractivity contribution in [3.8, 4) is 11.1 Å². The van der Waals surface area contributed by atoms with Gasteiger partial charge in [-0.2, -0.15) is 0 Å². The van der Waals surface area contributed by atoms with Gasteiger partial charge in [-0.25, -0.2) is 4.79 Å². The molecule has 1 N–H and O–H groups in total. The largest absolute Gasteiger partial charge is 0.462 e. The van der Waals surface area contributed by atoms with Gasteiger partial charge in [0.05, 0.1) is 6.61 Å². The normalized spacial score (nSPS) is 11.5. The maximum absolute atomic E-state index is 12.7. The van der Waals surface area contributed by atoms with Crippen LogP contribution < -0.4 is 5.32 Å². The number of nitrogens with one attached hydrogen (secondary N) is 1. The Labute approximate surface area is 201 Å². The summed E-state index contributed by atoms with van der Waals surface area (Å²) in [5, 5.41) is 5.17. The molecule has 0 spiro atoms. The van der Waals surface area contributed by atoms with Crippen molar-refractivity contribution in [2.75, 3.05) is 11.9 Å². The summed E-state index contributed by atoms with van der Waals surface area (Å²) in [4.78, 5) is 25.3. The van der Waals surface area contributed by atoms with Crippen LogP contribution >= 0.6 is 27.3 Å². The predicted octanol–water partition coefficient (Wildman–Crippen LogP) is 7.30. The Bertz CT molecular complexity index is 1120. The number of halogens is 1. The summed E-state index contributed by atoms with van der Waals surface area (Å²) in [6.07, 6.45) is 3.23. The first-order valence-electron chi connectivity index (χ1n) is 10.3. The Hall–Kier alpha value is -2.70. The third-order valence-corrected chi connectivity index (χ3v) is 6.29. The lowest BCUT2D eigenvalue weighted by atomic mass is 9.87. The predicted molar refractivity (Wildman–Crippen MR) is 136 cm³/mol. The van der Waals surface area contributed by atoms with Gasteiger partial charge in [0.1, 0.15) is 10.6 Å². The van der Waals surface area contributed by atoms with E-state index >= 15 is 0 Å². The highest BCUT2D eigenvalue weighted by atomic mass is 79.9. The second-order valence-electron chi connectivity index (χ2n) is 8.28. The zero-order valence-corrected chi connectivity index (χ0v) is 21.0. The van der Waals surface area contributed by atoms with Crippen LogP contribution in [0.1, 0.15) is 49.2 Å². The lowest BCUT2D eigenvalue weighted by Crippen LogP contribution is -2.12. The van der Waals surface area contributed by atoms with E-state index in [0.29, 0.717) is 10.6 Å². The van der Waals surface area contributed by atoms with Crippen LogP contribution in [0.3, 0.4) is 0 Å². The number of benzene rings is 2. The molecule has 166 valence electrons. The molecule has 2 aromatic carbocycles. The van der Waals surface area contributed by atoms with Gasteiger partial charge in [0.2, 0.25) is 5.91 Å². The summed E-state index contributed by atoms with van der Waals surface area (Å²) in [5.41, 5.74) is 4.23. The van der Waals surface area contributed by atoms with Crippen molar-refractivity contribution in [1.82, 2.24) is 0 Å². The van der Waals surface area contributed by atoms with Crippen LogP contribution in [0.2, 0.25) is 0 Å². The Morgan fingerprint density at radius 1 is 1.06 bits per heavy atom. The summed E-state index contributed by atoms with van der Waals surface area (Å²) in [5.74, 6) is -0.761. The molecule has 0 saturated carbocycles. The molecule has 1 heterocycles. The van der Waals surface area contributed by atoms with E-state index < -0.39 is 5.97 Å². The number of hydrogen-bond donors (Lipinski definition) is 1. The fourth-order valence-corrected chi connectivity index (χ4v) is 4.34. The molecule has 1 aromatic heterocycles. The van der Waals surface area contributed by atoms with Crippen molar-refractivity contribution in [1.29, 1.82) is 0 Å². The minimum atomic E-state index is -0.455. The van der Waals surface area contributed by atoms with E-state index in [2.05, 4.69) is 54.2 Å². The highest BCUT2D eigenvalue weighted by molar-refractivity contribution is 9.10. The zero-order chi connectivity index (χ0) is 23.3. The van der Waals surface area contributed by atoms with Gasteiger partial charge in [0.25, 0.3) is 0 Å². The first-order valence-corrected chi connectivity index (χ1v) is 12.0. The molecule has 0 saturated heterocycles. The average molecular weight is 512 g/mol. The first-order chi connectivity index (χ1) is 15.2. The van der Waals surface area contributed by atoms with Gasteiger partial charge < -0.3 is 10.1 Å². The second kappa shape index (κ2) is 10.3. The lowest BCUT2D eigenvalue weighted by molar-refractivity contribution is -0.111. The number of carbonyl (C=O) groups excluding carboxylic acids is 2. The molecule has 0 radical (unpaired) electrons. The highest BCUT2D eigenvalue weighted by Crippen LogP contribution is 2.36. The molecule has 0 fully saturated rings. The smallest absolute Gasteiger partial charge is 0.341 e. The van der Waals surface area contributed by atoms with Gasteiger partial charge in [-0.3, -0.25) is 4.79 Å². The van der Waals surface area contributed by atoms with E-state index in [1.807, 2.05) is 41.8 Å². The number of rotatable bonds is 6. The van der Waals surface area contributed by atoms with Crippen molar-refractivity contribution in [3.05, 3.63) is 81.2 Å². The lowest BCUT2D eigenvalue weighted by Gasteiger charge is -2.18. The summed E-state index contributed by atoms with van der Waals surface area (Å²) >= 11 is 4.73. The molecule has 1 amide bonds. The Balaban J connectivity index is 1.81. The van der Waals surface area contributed by atoms with E-state index in [0.717, 1.165) is 21.2 Å². The number of ether oxygens (including phenoxy) is 1. The van der Waals surface area contributed by atoms with E-state index in [1.54, 1.807) is 13.0 Å². The van der Waals surface area contributed by atoms with Crippen molar-refractivity contribution in [2.45, 2.75) is 33.1 Å². The average Bonchev–Trinajstić information content (AvgIpc) is 3.16. The van der Waals surface area contributed by atoms with Crippen molar-refractivity contribution < 1.29 is 14.3 Å². The number of carbonyl (C=O) groups is 2. The molecule has 6 heteroatoms. The highest BCUT2D eigenvalue weighted by Gasteiger charge is 2.22. The summed E-state index contributed by atoms with van der Waals surface area (Å²) < 4.78 is 6.20. The maximum Gasteiger partial charge on any atom is 0.341 e. The van der Waals surface area contributed by atoms with Crippen LogP contribution in [0.5, 0.6) is 0 Å². The Morgan fingerprint density at radius 3 is 2.31 bits per heavy atom. The number of amides is 1. The van der Waals surface area contributed by atoms with Gasteiger partial charge in [0, 0.05) is 21.5 Å². The monoisotopic (exact) mass is 511 g/mol. The van der Waals surface area contributed by atoms with Gasteiger partial charge in [-0.1, -0.05) is 73.1 Å². The minimum absolute atomic E-state index is 0.0782. The van der Waals surface area contributed by atoms with Crippen molar-refractivity contribution in [3.63, 3.8) is 0 Å². The summed E-state index contributed by atoms with van der Waals surface area (Å²) in [6, 6.07) is 15.8. The Kier molecular flexibility index (Phi) is 7.69. The molecule has 0 atom stereocenters. The van der Waals surface area contributed by atoms with Gasteiger partial charge in [0.15, 0.2) is 0 Å². The molecule has 0 aliphatic heterocycles. The molecule has 0 aliphatic rings. The molecule has 4 nitrogen and oxygen atoms in total. The van der Waals surface area contributed by atoms with E-state index in [9.17, 15) is 9.59 Å². The molecule has 0 aliphatic carbocycles. The number of hydrogen-bond acceptors (Lipinski definition) is 4. The number of anilines is 1. The van der Waals surface area contributed by atoms with Gasteiger partial charge in [-0.15, -0.1) is 11.3 Å². The molecule has 0 unspecified atom stereocenters. The summed E-state index contributed by atoms with van der Waals surface area (Å²) in [6.45, 7) is 8.50. The quantitative estimate of drug-likeness (QED) is 0.279. The molecule has 3 aromatic rings. The standard InChI is InChI=1S/C26H26BrNO3S/c1-5-31-25(30)23-21(18-9-13-20(27)14-10-18)16-32-24(23)28-22(29)15-8-17-6-11-19(12-7-17)26(2,3)4/h6-16H,5H2,1-4H3,(H,28,29). The summed E-state index contributed by atoms with van der Waals surface area (Å²) in [7, 11) is 0.